The summed E-state index contributed by atoms with van der Waals surface area (Å²) in [6, 6.07) is 14.7. The molecule has 7 heteroatoms. The van der Waals surface area contributed by atoms with Gasteiger partial charge in [-0.15, -0.1) is 0 Å². The molecule has 3 rings (SSSR count). The van der Waals surface area contributed by atoms with Crippen molar-refractivity contribution in [3.8, 4) is 11.5 Å². The van der Waals surface area contributed by atoms with Crippen molar-refractivity contribution in [2.24, 2.45) is 5.92 Å². The molecule has 0 unspecified atom stereocenters. The molecule has 1 amide bonds. The van der Waals surface area contributed by atoms with Crippen LogP contribution in [0.5, 0.6) is 11.5 Å². The van der Waals surface area contributed by atoms with Crippen LogP contribution in [0, 0.1) is 26.7 Å². The number of carbonyl (C=O) groups excluding carboxylic acids is 2. The van der Waals surface area contributed by atoms with E-state index in [1.165, 1.54) is 0 Å². The lowest BCUT2D eigenvalue weighted by atomic mass is 10.1. The van der Waals surface area contributed by atoms with Crippen molar-refractivity contribution in [3.63, 3.8) is 0 Å². The summed E-state index contributed by atoms with van der Waals surface area (Å²) >= 11 is 0. The van der Waals surface area contributed by atoms with E-state index >= 15 is 0 Å². The van der Waals surface area contributed by atoms with Gasteiger partial charge in [-0.25, -0.2) is 0 Å². The number of carbonyl (C=O) groups is 2. The van der Waals surface area contributed by atoms with Crippen LogP contribution in [0.2, 0.25) is 0 Å². The smallest absolute Gasteiger partial charge is 0.310 e. The summed E-state index contributed by atoms with van der Waals surface area (Å²) in [5.41, 5.74) is 4.23. The number of para-hydroxylation sites is 2. The van der Waals surface area contributed by atoms with Crippen LogP contribution in [0.3, 0.4) is 0 Å². The van der Waals surface area contributed by atoms with Crippen molar-refractivity contribution < 1.29 is 19.1 Å². The molecule has 0 bridgehead atoms. The number of esters is 1. The van der Waals surface area contributed by atoms with E-state index in [0.29, 0.717) is 23.1 Å². The normalized spacial score (nSPS) is 10.8. The number of nitrogens with one attached hydrogen (secondary N) is 1. The molecule has 0 saturated carbocycles. The third-order valence-corrected chi connectivity index (χ3v) is 5.16. The second-order valence-electron chi connectivity index (χ2n) is 8.52. The fraction of sp³-hybridized carbons (Fsp3) is 0.346. The molecule has 1 heterocycles. The highest BCUT2D eigenvalue weighted by Crippen LogP contribution is 2.29. The average molecular weight is 450 g/mol. The van der Waals surface area contributed by atoms with Crippen molar-refractivity contribution in [2.45, 2.75) is 47.6 Å². The Morgan fingerprint density at radius 2 is 1.73 bits per heavy atom. The Morgan fingerprint density at radius 3 is 2.42 bits per heavy atom. The quantitative estimate of drug-likeness (QED) is 0.466. The number of anilines is 1. The topological polar surface area (TPSA) is 82.4 Å². The minimum atomic E-state index is -0.468. The van der Waals surface area contributed by atoms with Crippen LogP contribution in [0.15, 0.2) is 48.5 Å². The van der Waals surface area contributed by atoms with E-state index in [4.69, 9.17) is 9.47 Å². The van der Waals surface area contributed by atoms with E-state index in [2.05, 4.69) is 24.3 Å². The van der Waals surface area contributed by atoms with E-state index < -0.39 is 11.9 Å². The van der Waals surface area contributed by atoms with Gasteiger partial charge in [0.25, 0.3) is 5.91 Å². The minimum absolute atomic E-state index is 0.0795. The van der Waals surface area contributed by atoms with Crippen LogP contribution in [0.25, 0.3) is 0 Å². The zero-order valence-corrected chi connectivity index (χ0v) is 19.8. The van der Waals surface area contributed by atoms with Crippen LogP contribution in [-0.4, -0.2) is 28.3 Å². The van der Waals surface area contributed by atoms with Gasteiger partial charge in [0.15, 0.2) is 12.4 Å². The van der Waals surface area contributed by atoms with E-state index in [1.54, 1.807) is 18.2 Å². The number of hydrogen-bond acceptors (Lipinski definition) is 5. The van der Waals surface area contributed by atoms with Gasteiger partial charge in [0.1, 0.15) is 5.75 Å². The van der Waals surface area contributed by atoms with Gasteiger partial charge in [-0.2, -0.15) is 5.10 Å². The lowest BCUT2D eigenvalue weighted by Gasteiger charge is -2.12. The predicted octanol–water partition coefficient (Wildman–Crippen LogP) is 4.98. The molecule has 174 valence electrons. The first-order chi connectivity index (χ1) is 15.7. The Morgan fingerprint density at radius 1 is 1.03 bits per heavy atom. The standard InChI is InChI=1S/C26H31N3O4/c1-17(2)15-29-20(5)22(19(4)28-29)14-26(31)32-16-25(30)27-23-8-6-7-9-24(23)33-21-12-10-18(3)11-13-21/h6-13,17H,14-16H2,1-5H3,(H,27,30). The molecule has 1 N–H and O–H groups in total. The molecule has 2 aromatic carbocycles. The van der Waals surface area contributed by atoms with Gasteiger partial charge < -0.3 is 14.8 Å². The van der Waals surface area contributed by atoms with Crippen molar-refractivity contribution in [2.75, 3.05) is 11.9 Å². The highest BCUT2D eigenvalue weighted by Gasteiger charge is 2.17. The molecule has 0 saturated heterocycles. The number of aromatic nitrogens is 2. The molecule has 3 aromatic rings. The first-order valence-corrected chi connectivity index (χ1v) is 11.0. The molecule has 0 aliphatic heterocycles. The lowest BCUT2D eigenvalue weighted by Crippen LogP contribution is -2.22. The highest BCUT2D eigenvalue weighted by molar-refractivity contribution is 5.94. The summed E-state index contributed by atoms with van der Waals surface area (Å²) in [6.45, 7) is 10.5. The maximum Gasteiger partial charge on any atom is 0.310 e. The molecule has 1 aromatic heterocycles. The fourth-order valence-electron chi connectivity index (χ4n) is 3.43. The number of rotatable bonds is 9. The molecule has 0 fully saturated rings. The molecule has 7 nitrogen and oxygen atoms in total. The fourth-order valence-corrected chi connectivity index (χ4v) is 3.43. The summed E-state index contributed by atoms with van der Waals surface area (Å²) in [7, 11) is 0. The van der Waals surface area contributed by atoms with Crippen molar-refractivity contribution in [1.82, 2.24) is 9.78 Å². The molecule has 33 heavy (non-hydrogen) atoms. The number of hydrogen-bond donors (Lipinski definition) is 1. The second kappa shape index (κ2) is 10.8. The first kappa shape index (κ1) is 24.0. The Bertz CT molecular complexity index is 1120. The number of amides is 1. The van der Waals surface area contributed by atoms with Crippen LogP contribution in [0.4, 0.5) is 5.69 Å². The average Bonchev–Trinajstić information content (AvgIpc) is 3.02. The maximum absolute atomic E-state index is 12.4. The van der Waals surface area contributed by atoms with Gasteiger partial charge in [0.05, 0.1) is 17.8 Å². The molecule has 0 aliphatic rings. The number of aryl methyl sites for hydroxylation is 2. The molecule has 0 radical (unpaired) electrons. The minimum Gasteiger partial charge on any atom is -0.455 e. The van der Waals surface area contributed by atoms with E-state index in [0.717, 1.165) is 29.1 Å². The van der Waals surface area contributed by atoms with Crippen molar-refractivity contribution >= 4 is 17.6 Å². The van der Waals surface area contributed by atoms with Crippen LogP contribution in [0.1, 0.15) is 36.4 Å². The van der Waals surface area contributed by atoms with Gasteiger partial charge in [-0.1, -0.05) is 43.7 Å². The summed E-state index contributed by atoms with van der Waals surface area (Å²) in [6.07, 6.45) is 0.0795. The summed E-state index contributed by atoms with van der Waals surface area (Å²) < 4.78 is 13.0. The zero-order valence-electron chi connectivity index (χ0n) is 19.8. The van der Waals surface area contributed by atoms with Gasteiger partial charge >= 0.3 is 5.97 Å². The Kier molecular flexibility index (Phi) is 7.87. The molecule has 0 spiro atoms. The highest BCUT2D eigenvalue weighted by atomic mass is 16.5. The lowest BCUT2D eigenvalue weighted by molar-refractivity contribution is -0.146. The van der Waals surface area contributed by atoms with E-state index in [-0.39, 0.29) is 13.0 Å². The SMILES string of the molecule is Cc1ccc(Oc2ccccc2NC(=O)COC(=O)Cc2c(C)nn(CC(C)C)c2C)cc1. The molecule has 0 atom stereocenters. The molecule has 0 aliphatic carbocycles. The Hall–Kier alpha value is -3.61. The van der Waals surface area contributed by atoms with Crippen LogP contribution < -0.4 is 10.1 Å². The zero-order chi connectivity index (χ0) is 24.0. The Labute approximate surface area is 194 Å². The van der Waals surface area contributed by atoms with E-state index in [9.17, 15) is 9.59 Å². The number of benzene rings is 2. The van der Waals surface area contributed by atoms with Gasteiger partial charge in [-0.05, 0) is 51.0 Å². The van der Waals surface area contributed by atoms with Gasteiger partial charge in [0.2, 0.25) is 0 Å². The van der Waals surface area contributed by atoms with Gasteiger partial charge in [0, 0.05) is 17.8 Å². The van der Waals surface area contributed by atoms with Crippen molar-refractivity contribution in [3.05, 3.63) is 71.0 Å². The maximum atomic E-state index is 12.4. The summed E-state index contributed by atoms with van der Waals surface area (Å²) in [5.74, 6) is 0.712. The van der Waals surface area contributed by atoms with Gasteiger partial charge in [-0.3, -0.25) is 14.3 Å². The van der Waals surface area contributed by atoms with Crippen molar-refractivity contribution in [1.29, 1.82) is 0 Å². The molecular weight excluding hydrogens is 418 g/mol. The number of ether oxygens (including phenoxy) is 2. The second-order valence-corrected chi connectivity index (χ2v) is 8.52. The Balaban J connectivity index is 1.56. The summed E-state index contributed by atoms with van der Waals surface area (Å²) in [4.78, 5) is 24.8. The third-order valence-electron chi connectivity index (χ3n) is 5.16. The largest absolute Gasteiger partial charge is 0.455 e. The van der Waals surface area contributed by atoms with E-state index in [1.807, 2.05) is 55.8 Å². The third kappa shape index (κ3) is 6.68. The first-order valence-electron chi connectivity index (χ1n) is 11.0. The molecular formula is C26H31N3O4. The summed E-state index contributed by atoms with van der Waals surface area (Å²) in [5, 5.41) is 7.27. The van der Waals surface area contributed by atoms with Crippen LogP contribution in [-0.2, 0) is 27.3 Å². The number of nitrogens with zero attached hydrogens (tertiary/aromatic N) is 2. The monoisotopic (exact) mass is 449 g/mol. The van der Waals surface area contributed by atoms with Crippen LogP contribution >= 0.6 is 0 Å². The predicted molar refractivity (Wildman–Crippen MR) is 128 cm³/mol.